The highest BCUT2D eigenvalue weighted by atomic mass is 16.1. The van der Waals surface area contributed by atoms with Gasteiger partial charge in [-0.3, -0.25) is 9.78 Å². The van der Waals surface area contributed by atoms with E-state index in [1.807, 2.05) is 12.1 Å². The molecule has 68 valence electrons. The third-order valence-corrected chi connectivity index (χ3v) is 1.57. The molecule has 0 aliphatic heterocycles. The molecule has 1 aromatic rings. The molecule has 3 heteroatoms. The third-order valence-electron chi connectivity index (χ3n) is 1.57. The maximum absolute atomic E-state index is 11.0. The maximum atomic E-state index is 11.0. The van der Waals surface area contributed by atoms with Crippen molar-refractivity contribution in [2.75, 3.05) is 0 Å². The summed E-state index contributed by atoms with van der Waals surface area (Å²) in [6.07, 6.45) is 5.36. The van der Waals surface area contributed by atoms with Crippen LogP contribution in [0.1, 0.15) is 12.0 Å². The van der Waals surface area contributed by atoms with Gasteiger partial charge in [-0.15, -0.1) is 6.58 Å². The standard InChI is InChI=1S/C10H12N2O/c1-2-3-10(13)12-8-9-4-6-11-7-5-9/h2,4-7H,1,3,8H2,(H,12,13). The van der Waals surface area contributed by atoms with Crippen LogP contribution in [0.5, 0.6) is 0 Å². The van der Waals surface area contributed by atoms with Gasteiger partial charge >= 0.3 is 0 Å². The number of amides is 1. The molecule has 3 nitrogen and oxygen atoms in total. The number of rotatable bonds is 4. The Bertz CT molecular complexity index is 282. The number of aromatic nitrogens is 1. The van der Waals surface area contributed by atoms with Gasteiger partial charge in [-0.25, -0.2) is 0 Å². The van der Waals surface area contributed by atoms with Crippen molar-refractivity contribution in [3.63, 3.8) is 0 Å². The van der Waals surface area contributed by atoms with Gasteiger partial charge in [-0.05, 0) is 17.7 Å². The molecule has 0 aromatic carbocycles. The van der Waals surface area contributed by atoms with Crippen molar-refractivity contribution in [1.29, 1.82) is 0 Å². The lowest BCUT2D eigenvalue weighted by atomic mass is 10.2. The number of carbonyl (C=O) groups excluding carboxylic acids is 1. The number of hydrogen-bond donors (Lipinski definition) is 1. The molecule has 0 saturated carbocycles. The molecule has 0 fully saturated rings. The summed E-state index contributed by atoms with van der Waals surface area (Å²) < 4.78 is 0. The van der Waals surface area contributed by atoms with Crippen LogP contribution in [0.4, 0.5) is 0 Å². The summed E-state index contributed by atoms with van der Waals surface area (Å²) in [5, 5.41) is 2.76. The smallest absolute Gasteiger partial charge is 0.224 e. The first-order chi connectivity index (χ1) is 6.33. The summed E-state index contributed by atoms with van der Waals surface area (Å²) in [6, 6.07) is 3.74. The van der Waals surface area contributed by atoms with Crippen molar-refractivity contribution in [2.24, 2.45) is 0 Å². The molecule has 13 heavy (non-hydrogen) atoms. The van der Waals surface area contributed by atoms with Gasteiger partial charge in [0.15, 0.2) is 0 Å². The SMILES string of the molecule is C=CCC(=O)NCc1ccncc1. The van der Waals surface area contributed by atoms with Gasteiger partial charge in [0.2, 0.25) is 5.91 Å². The number of nitrogens with one attached hydrogen (secondary N) is 1. The highest BCUT2D eigenvalue weighted by molar-refractivity contribution is 5.77. The molecule has 0 aliphatic carbocycles. The first-order valence-electron chi connectivity index (χ1n) is 4.09. The Kier molecular flexibility index (Phi) is 3.70. The van der Waals surface area contributed by atoms with Crippen molar-refractivity contribution in [3.8, 4) is 0 Å². The fourth-order valence-electron chi connectivity index (χ4n) is 0.905. The zero-order chi connectivity index (χ0) is 9.52. The Balaban J connectivity index is 2.35. The Labute approximate surface area is 77.5 Å². The average Bonchev–Trinajstić information content (AvgIpc) is 2.17. The molecule has 1 aromatic heterocycles. The van der Waals surface area contributed by atoms with Gasteiger partial charge in [0, 0.05) is 25.4 Å². The predicted molar refractivity (Wildman–Crippen MR) is 50.9 cm³/mol. The van der Waals surface area contributed by atoms with Crippen LogP contribution in [0.25, 0.3) is 0 Å². The lowest BCUT2D eigenvalue weighted by molar-refractivity contribution is -0.120. The highest BCUT2D eigenvalue weighted by Gasteiger charge is 1.96. The first kappa shape index (κ1) is 9.45. The van der Waals surface area contributed by atoms with E-state index in [-0.39, 0.29) is 5.91 Å². The van der Waals surface area contributed by atoms with E-state index < -0.39 is 0 Å². The van der Waals surface area contributed by atoms with E-state index in [1.165, 1.54) is 0 Å². The minimum Gasteiger partial charge on any atom is -0.352 e. The zero-order valence-electron chi connectivity index (χ0n) is 7.36. The lowest BCUT2D eigenvalue weighted by Crippen LogP contribution is -2.21. The minimum atomic E-state index is -0.00758. The van der Waals surface area contributed by atoms with Gasteiger partial charge in [-0.2, -0.15) is 0 Å². The first-order valence-corrected chi connectivity index (χ1v) is 4.09. The van der Waals surface area contributed by atoms with Crippen molar-refractivity contribution in [1.82, 2.24) is 10.3 Å². The van der Waals surface area contributed by atoms with E-state index in [4.69, 9.17) is 0 Å². The second-order valence-electron chi connectivity index (χ2n) is 2.62. The molecule has 1 rings (SSSR count). The van der Waals surface area contributed by atoms with Crippen LogP contribution in [0.2, 0.25) is 0 Å². The molecule has 0 saturated heterocycles. The van der Waals surface area contributed by atoms with Crippen LogP contribution >= 0.6 is 0 Å². The van der Waals surface area contributed by atoms with Crippen LogP contribution in [-0.4, -0.2) is 10.9 Å². The maximum Gasteiger partial charge on any atom is 0.224 e. The molecule has 1 amide bonds. The monoisotopic (exact) mass is 176 g/mol. The van der Waals surface area contributed by atoms with Gasteiger partial charge in [0.25, 0.3) is 0 Å². The molecular formula is C10H12N2O. The number of carbonyl (C=O) groups is 1. The van der Waals surface area contributed by atoms with Crippen molar-refractivity contribution in [2.45, 2.75) is 13.0 Å². The van der Waals surface area contributed by atoms with Crippen LogP contribution < -0.4 is 5.32 Å². The summed E-state index contributed by atoms with van der Waals surface area (Å²) in [5.41, 5.74) is 1.05. The summed E-state index contributed by atoms with van der Waals surface area (Å²) in [7, 11) is 0. The number of nitrogens with zero attached hydrogens (tertiary/aromatic N) is 1. The third kappa shape index (κ3) is 3.51. The molecular weight excluding hydrogens is 164 g/mol. The average molecular weight is 176 g/mol. The summed E-state index contributed by atoms with van der Waals surface area (Å²) >= 11 is 0. The molecule has 0 aliphatic rings. The molecule has 0 spiro atoms. The normalized spacial score (nSPS) is 9.23. The number of hydrogen-bond acceptors (Lipinski definition) is 2. The van der Waals surface area contributed by atoms with Crippen molar-refractivity contribution < 1.29 is 4.79 Å². The highest BCUT2D eigenvalue weighted by Crippen LogP contribution is 1.94. The van der Waals surface area contributed by atoms with E-state index in [9.17, 15) is 4.79 Å². The second kappa shape index (κ2) is 5.09. The fraction of sp³-hybridized carbons (Fsp3) is 0.200. The molecule has 0 atom stereocenters. The van der Waals surface area contributed by atoms with Gasteiger partial charge in [0.1, 0.15) is 0 Å². The Morgan fingerprint density at radius 3 is 2.85 bits per heavy atom. The molecule has 0 bridgehead atoms. The largest absolute Gasteiger partial charge is 0.352 e. The topological polar surface area (TPSA) is 42.0 Å². The van der Waals surface area contributed by atoms with Gasteiger partial charge in [0.05, 0.1) is 0 Å². The Morgan fingerprint density at radius 1 is 1.54 bits per heavy atom. The molecule has 0 unspecified atom stereocenters. The predicted octanol–water partition coefficient (Wildman–Crippen LogP) is 1.27. The summed E-state index contributed by atoms with van der Waals surface area (Å²) in [5.74, 6) is -0.00758. The Morgan fingerprint density at radius 2 is 2.23 bits per heavy atom. The lowest BCUT2D eigenvalue weighted by Gasteiger charge is -2.02. The minimum absolute atomic E-state index is 0.00758. The zero-order valence-corrected chi connectivity index (χ0v) is 7.36. The van der Waals surface area contributed by atoms with Gasteiger partial charge in [-0.1, -0.05) is 6.08 Å². The van der Waals surface area contributed by atoms with Crippen LogP contribution in [0.3, 0.4) is 0 Å². The van der Waals surface area contributed by atoms with Crippen LogP contribution in [0, 0.1) is 0 Å². The van der Waals surface area contributed by atoms with Gasteiger partial charge < -0.3 is 5.32 Å². The summed E-state index contributed by atoms with van der Waals surface area (Å²) in [6.45, 7) is 4.04. The molecule has 0 radical (unpaired) electrons. The van der Waals surface area contributed by atoms with E-state index in [0.29, 0.717) is 13.0 Å². The van der Waals surface area contributed by atoms with Crippen molar-refractivity contribution in [3.05, 3.63) is 42.7 Å². The quantitative estimate of drug-likeness (QED) is 0.702. The van der Waals surface area contributed by atoms with E-state index >= 15 is 0 Å². The fourth-order valence-corrected chi connectivity index (χ4v) is 0.905. The number of pyridine rings is 1. The van der Waals surface area contributed by atoms with E-state index in [1.54, 1.807) is 18.5 Å². The summed E-state index contributed by atoms with van der Waals surface area (Å²) in [4.78, 5) is 14.9. The van der Waals surface area contributed by atoms with E-state index in [0.717, 1.165) is 5.56 Å². The molecule has 1 heterocycles. The van der Waals surface area contributed by atoms with Crippen LogP contribution in [0.15, 0.2) is 37.2 Å². The second-order valence-corrected chi connectivity index (χ2v) is 2.62. The Hall–Kier alpha value is -1.64. The van der Waals surface area contributed by atoms with Crippen molar-refractivity contribution >= 4 is 5.91 Å². The molecule has 1 N–H and O–H groups in total. The van der Waals surface area contributed by atoms with Crippen LogP contribution in [-0.2, 0) is 11.3 Å². The van der Waals surface area contributed by atoms with E-state index in [2.05, 4.69) is 16.9 Å².